The van der Waals surface area contributed by atoms with Crippen LogP contribution in [0.4, 0.5) is 4.39 Å². The molecule has 0 radical (unpaired) electrons. The van der Waals surface area contributed by atoms with Crippen LogP contribution in [0.1, 0.15) is 48.9 Å². The molecule has 2 aromatic rings. The van der Waals surface area contributed by atoms with Crippen molar-refractivity contribution in [3.8, 4) is 0 Å². The predicted octanol–water partition coefficient (Wildman–Crippen LogP) is 3.33. The lowest BCUT2D eigenvalue weighted by Crippen LogP contribution is -2.31. The summed E-state index contributed by atoms with van der Waals surface area (Å²) in [5, 5.41) is 6.74. The van der Waals surface area contributed by atoms with E-state index in [1.54, 1.807) is 12.1 Å². The molecule has 1 aliphatic heterocycles. The second-order valence-corrected chi connectivity index (χ2v) is 7.58. The van der Waals surface area contributed by atoms with Crippen LogP contribution in [-0.4, -0.2) is 36.3 Å². The summed E-state index contributed by atoms with van der Waals surface area (Å²) in [7, 11) is 0. The van der Waals surface area contributed by atoms with Crippen LogP contribution in [0.25, 0.3) is 0 Å². The van der Waals surface area contributed by atoms with Crippen molar-refractivity contribution in [3.63, 3.8) is 0 Å². The minimum atomic E-state index is -0.329. The number of nitrogens with zero attached hydrogens (tertiary/aromatic N) is 2. The highest BCUT2D eigenvalue weighted by Crippen LogP contribution is 2.16. The van der Waals surface area contributed by atoms with Crippen molar-refractivity contribution in [3.05, 3.63) is 71.0 Å². The molecule has 1 fully saturated rings. The van der Waals surface area contributed by atoms with Gasteiger partial charge in [-0.1, -0.05) is 48.0 Å². The highest BCUT2D eigenvalue weighted by atomic mass is 19.1. The summed E-state index contributed by atoms with van der Waals surface area (Å²) in [5.41, 5.74) is 8.86. The summed E-state index contributed by atoms with van der Waals surface area (Å²) in [6, 6.07) is 13.6. The Morgan fingerprint density at radius 2 is 1.87 bits per heavy atom. The van der Waals surface area contributed by atoms with Gasteiger partial charge in [-0.2, -0.15) is 0 Å². The fraction of sp³-hybridized carbons (Fsp3) is 0.391. The maximum absolute atomic E-state index is 13.0. The number of piperidine rings is 1. The monoisotopic (exact) mass is 412 g/mol. The first-order valence-corrected chi connectivity index (χ1v) is 10.3. The van der Waals surface area contributed by atoms with Gasteiger partial charge < -0.3 is 15.9 Å². The summed E-state index contributed by atoms with van der Waals surface area (Å²) in [5.74, 6) is -0.391. The average Bonchev–Trinajstić information content (AvgIpc) is 2.75. The smallest absolute Gasteiger partial charge is 0.261 e. The number of rotatable bonds is 8. The maximum Gasteiger partial charge on any atom is 0.261 e. The number of likely N-dealkylation sites (tertiary alicyclic amines) is 1. The lowest BCUT2D eigenvalue weighted by Gasteiger charge is -2.27. The number of hydrogen-bond acceptors (Lipinski definition) is 4. The minimum Gasteiger partial charge on any atom is -0.384 e. The minimum absolute atomic E-state index is 0.249. The fourth-order valence-electron chi connectivity index (χ4n) is 3.59. The number of carbonyl (C=O) groups excluding carboxylic acids is 1. The van der Waals surface area contributed by atoms with E-state index in [0.29, 0.717) is 0 Å². The van der Waals surface area contributed by atoms with Gasteiger partial charge >= 0.3 is 0 Å². The van der Waals surface area contributed by atoms with E-state index in [1.165, 1.54) is 31.4 Å². The second kappa shape index (κ2) is 10.7. The number of benzene rings is 2. The van der Waals surface area contributed by atoms with E-state index < -0.39 is 0 Å². The lowest BCUT2D eigenvalue weighted by atomic mass is 10.0. The molecular formula is C23H29FN4O2. The Morgan fingerprint density at radius 3 is 2.60 bits per heavy atom. The van der Waals surface area contributed by atoms with Crippen LogP contribution in [-0.2, 0) is 16.2 Å². The first kappa shape index (κ1) is 21.8. The molecule has 1 amide bonds. The molecule has 160 valence electrons. The number of amidine groups is 1. The van der Waals surface area contributed by atoms with Crippen LogP contribution in [0, 0.1) is 5.82 Å². The molecule has 3 N–H and O–H groups in total. The average molecular weight is 413 g/mol. The van der Waals surface area contributed by atoms with Gasteiger partial charge in [-0.3, -0.25) is 9.69 Å². The molecule has 7 heteroatoms. The van der Waals surface area contributed by atoms with Crippen LogP contribution in [0.2, 0.25) is 0 Å². The van der Waals surface area contributed by atoms with Crippen LogP contribution < -0.4 is 11.1 Å². The molecule has 1 unspecified atom stereocenters. The fourth-order valence-corrected chi connectivity index (χ4v) is 3.59. The van der Waals surface area contributed by atoms with Gasteiger partial charge in [-0.05, 0) is 56.1 Å². The van der Waals surface area contributed by atoms with Crippen LogP contribution in [0.15, 0.2) is 53.7 Å². The third-order valence-corrected chi connectivity index (χ3v) is 5.24. The van der Waals surface area contributed by atoms with E-state index in [0.717, 1.165) is 36.3 Å². The third-order valence-electron chi connectivity index (χ3n) is 5.24. The molecule has 6 nitrogen and oxygen atoms in total. The Bertz CT molecular complexity index is 864. The normalized spacial score (nSPS) is 16.1. The van der Waals surface area contributed by atoms with Crippen LogP contribution in [0.3, 0.4) is 0 Å². The predicted molar refractivity (Wildman–Crippen MR) is 115 cm³/mol. The van der Waals surface area contributed by atoms with Gasteiger partial charge in [-0.25, -0.2) is 4.39 Å². The van der Waals surface area contributed by atoms with Gasteiger partial charge in [0.15, 0.2) is 12.4 Å². The Morgan fingerprint density at radius 1 is 1.17 bits per heavy atom. The van der Waals surface area contributed by atoms with Crippen molar-refractivity contribution in [1.82, 2.24) is 10.2 Å². The summed E-state index contributed by atoms with van der Waals surface area (Å²) in [6.07, 6.45) is 3.73. The zero-order chi connectivity index (χ0) is 21.3. The second-order valence-electron chi connectivity index (χ2n) is 7.58. The SMILES string of the molecule is CC(NC(=O)CO/N=C(\N)c1ccccc1CN1CCCCC1)c1ccc(F)cc1. The molecule has 0 aliphatic carbocycles. The van der Waals surface area contributed by atoms with Crippen molar-refractivity contribution < 1.29 is 14.0 Å². The van der Waals surface area contributed by atoms with E-state index >= 15 is 0 Å². The summed E-state index contributed by atoms with van der Waals surface area (Å²) < 4.78 is 13.0. The van der Waals surface area contributed by atoms with Crippen molar-refractivity contribution >= 4 is 11.7 Å². The molecule has 1 atom stereocenters. The molecule has 0 bridgehead atoms. The Balaban J connectivity index is 1.53. The van der Waals surface area contributed by atoms with E-state index in [-0.39, 0.29) is 30.2 Å². The lowest BCUT2D eigenvalue weighted by molar-refractivity contribution is -0.126. The Hall–Kier alpha value is -2.93. The number of nitrogens with two attached hydrogens (primary N) is 1. The number of hydrogen-bond donors (Lipinski definition) is 2. The topological polar surface area (TPSA) is 79.9 Å². The van der Waals surface area contributed by atoms with E-state index in [2.05, 4.69) is 15.4 Å². The van der Waals surface area contributed by atoms with E-state index in [4.69, 9.17) is 10.6 Å². The molecule has 1 aliphatic rings. The van der Waals surface area contributed by atoms with Crippen LogP contribution >= 0.6 is 0 Å². The molecule has 0 spiro atoms. The largest absolute Gasteiger partial charge is 0.384 e. The molecule has 0 aromatic heterocycles. The summed E-state index contributed by atoms with van der Waals surface area (Å²) >= 11 is 0. The number of halogens is 1. The van der Waals surface area contributed by atoms with Gasteiger partial charge in [0, 0.05) is 12.1 Å². The molecule has 3 rings (SSSR count). The Kier molecular flexibility index (Phi) is 7.79. The first-order chi connectivity index (χ1) is 14.5. The highest BCUT2D eigenvalue weighted by molar-refractivity contribution is 5.98. The summed E-state index contributed by atoms with van der Waals surface area (Å²) in [6.45, 7) is 4.57. The maximum atomic E-state index is 13.0. The number of carbonyl (C=O) groups is 1. The quantitative estimate of drug-likeness (QED) is 0.396. The van der Waals surface area contributed by atoms with Crippen LogP contribution in [0.5, 0.6) is 0 Å². The molecule has 0 saturated carbocycles. The number of oxime groups is 1. The van der Waals surface area contributed by atoms with E-state index in [1.807, 2.05) is 31.2 Å². The van der Waals surface area contributed by atoms with Gasteiger partial charge in [0.2, 0.25) is 0 Å². The number of amides is 1. The zero-order valence-corrected chi connectivity index (χ0v) is 17.3. The van der Waals surface area contributed by atoms with E-state index in [9.17, 15) is 9.18 Å². The molecular weight excluding hydrogens is 383 g/mol. The summed E-state index contributed by atoms with van der Waals surface area (Å²) in [4.78, 5) is 19.7. The standard InChI is InChI=1S/C23H29FN4O2/c1-17(18-9-11-20(24)12-10-18)26-22(29)16-30-27-23(25)21-8-4-3-7-19(21)15-28-13-5-2-6-14-28/h3-4,7-12,17H,2,5-6,13-16H2,1H3,(H2,25,27)(H,26,29). The number of nitrogens with one attached hydrogen (secondary N) is 1. The third kappa shape index (κ3) is 6.29. The van der Waals surface area contributed by atoms with Gasteiger partial charge in [-0.15, -0.1) is 0 Å². The van der Waals surface area contributed by atoms with Gasteiger partial charge in [0.25, 0.3) is 5.91 Å². The van der Waals surface area contributed by atoms with Gasteiger partial charge in [0.1, 0.15) is 5.82 Å². The molecule has 30 heavy (non-hydrogen) atoms. The van der Waals surface area contributed by atoms with Gasteiger partial charge in [0.05, 0.1) is 6.04 Å². The van der Waals surface area contributed by atoms with Crippen molar-refractivity contribution in [1.29, 1.82) is 0 Å². The van der Waals surface area contributed by atoms with Crippen molar-refractivity contribution in [2.75, 3.05) is 19.7 Å². The zero-order valence-electron chi connectivity index (χ0n) is 17.3. The van der Waals surface area contributed by atoms with Crippen molar-refractivity contribution in [2.45, 2.75) is 38.8 Å². The van der Waals surface area contributed by atoms with Crippen molar-refractivity contribution in [2.24, 2.45) is 10.9 Å². The molecule has 2 aromatic carbocycles. The first-order valence-electron chi connectivity index (χ1n) is 10.3. The Labute approximate surface area is 176 Å². The molecule has 1 saturated heterocycles. The molecule has 1 heterocycles. The highest BCUT2D eigenvalue weighted by Gasteiger charge is 2.14.